The molecule has 0 fully saturated rings. The molecule has 0 aliphatic carbocycles. The first-order valence-corrected chi connectivity index (χ1v) is 5.76. The van der Waals surface area contributed by atoms with E-state index >= 15 is 0 Å². The highest BCUT2D eigenvalue weighted by atomic mass is 32.1. The number of aromatic nitrogens is 1. The number of nitrogens with one attached hydrogen (secondary N) is 1. The topological polar surface area (TPSA) is 50.9 Å². The molecule has 0 radical (unpaired) electrons. The third-order valence-electron chi connectivity index (χ3n) is 2.42. The van der Waals surface area contributed by atoms with Gasteiger partial charge in [0.2, 0.25) is 0 Å². The molecule has 0 spiro atoms. The Kier molecular flexibility index (Phi) is 3.53. The highest BCUT2D eigenvalue weighted by molar-refractivity contribution is 7.80. The third kappa shape index (κ3) is 2.81. The van der Waals surface area contributed by atoms with E-state index in [0.29, 0.717) is 17.1 Å². The van der Waals surface area contributed by atoms with Gasteiger partial charge in [0.05, 0.1) is 23.3 Å². The quantitative estimate of drug-likeness (QED) is 0.834. The first-order valence-electron chi connectivity index (χ1n) is 5.35. The number of aryl methyl sites for hydroxylation is 1. The molecule has 3 nitrogen and oxygen atoms in total. The zero-order valence-electron chi connectivity index (χ0n) is 9.77. The van der Waals surface area contributed by atoms with E-state index in [4.69, 9.17) is 18.0 Å². The number of benzene rings is 1. The second kappa shape index (κ2) is 5.10. The van der Waals surface area contributed by atoms with Crippen molar-refractivity contribution in [2.24, 2.45) is 5.73 Å². The molecular weight excluding hydrogens is 249 g/mol. The lowest BCUT2D eigenvalue weighted by atomic mass is 10.2. The fourth-order valence-electron chi connectivity index (χ4n) is 1.50. The van der Waals surface area contributed by atoms with Crippen LogP contribution in [0.2, 0.25) is 0 Å². The number of rotatable bonds is 3. The van der Waals surface area contributed by atoms with Crippen molar-refractivity contribution in [3.63, 3.8) is 0 Å². The van der Waals surface area contributed by atoms with Crippen molar-refractivity contribution >= 4 is 28.6 Å². The first kappa shape index (κ1) is 12.4. The maximum absolute atomic E-state index is 13.5. The average Bonchev–Trinajstić information content (AvgIpc) is 2.34. The molecule has 0 amide bonds. The smallest absolute Gasteiger partial charge is 0.146 e. The summed E-state index contributed by atoms with van der Waals surface area (Å²) < 4.78 is 13.5. The number of pyridine rings is 1. The van der Waals surface area contributed by atoms with Crippen LogP contribution in [0.1, 0.15) is 11.3 Å². The third-order valence-corrected chi connectivity index (χ3v) is 2.63. The lowest BCUT2D eigenvalue weighted by molar-refractivity contribution is 0.631. The van der Waals surface area contributed by atoms with E-state index in [1.807, 2.05) is 6.92 Å². The fourth-order valence-corrected chi connectivity index (χ4v) is 1.62. The summed E-state index contributed by atoms with van der Waals surface area (Å²) in [6, 6.07) is 8.32. The Morgan fingerprint density at radius 1 is 1.33 bits per heavy atom. The molecule has 0 aliphatic rings. The zero-order valence-corrected chi connectivity index (χ0v) is 10.6. The van der Waals surface area contributed by atoms with Gasteiger partial charge in [-0.1, -0.05) is 18.3 Å². The summed E-state index contributed by atoms with van der Waals surface area (Å²) in [6.45, 7) is 1.90. The lowest BCUT2D eigenvalue weighted by Gasteiger charge is -2.08. The summed E-state index contributed by atoms with van der Waals surface area (Å²) in [5.74, 6) is -0.306. The van der Waals surface area contributed by atoms with Crippen LogP contribution < -0.4 is 11.1 Å². The minimum Gasteiger partial charge on any atom is -0.388 e. The van der Waals surface area contributed by atoms with Gasteiger partial charge in [-0.25, -0.2) is 4.39 Å². The SMILES string of the molecule is Cc1ccc(F)c(Nc2ccc(C(N)=S)nc2)c1. The Hall–Kier alpha value is -2.01. The van der Waals surface area contributed by atoms with Crippen LogP contribution in [0.4, 0.5) is 15.8 Å². The summed E-state index contributed by atoms with van der Waals surface area (Å²) in [5.41, 5.74) is 8.07. The van der Waals surface area contributed by atoms with Gasteiger partial charge in [-0.15, -0.1) is 0 Å². The molecule has 1 aromatic carbocycles. The van der Waals surface area contributed by atoms with Gasteiger partial charge in [-0.3, -0.25) is 4.98 Å². The number of anilines is 2. The normalized spacial score (nSPS) is 10.1. The van der Waals surface area contributed by atoms with E-state index in [2.05, 4.69) is 10.3 Å². The lowest BCUT2D eigenvalue weighted by Crippen LogP contribution is -2.11. The summed E-state index contributed by atoms with van der Waals surface area (Å²) in [7, 11) is 0. The van der Waals surface area contributed by atoms with Gasteiger partial charge < -0.3 is 11.1 Å². The van der Waals surface area contributed by atoms with Crippen LogP contribution in [-0.4, -0.2) is 9.97 Å². The highest BCUT2D eigenvalue weighted by Gasteiger charge is 2.03. The second-order valence-electron chi connectivity index (χ2n) is 3.90. The largest absolute Gasteiger partial charge is 0.388 e. The van der Waals surface area contributed by atoms with Gasteiger partial charge in [-0.05, 0) is 36.8 Å². The van der Waals surface area contributed by atoms with Crippen molar-refractivity contribution in [2.75, 3.05) is 5.32 Å². The van der Waals surface area contributed by atoms with Crippen LogP contribution in [0.3, 0.4) is 0 Å². The second-order valence-corrected chi connectivity index (χ2v) is 4.34. The van der Waals surface area contributed by atoms with Crippen LogP contribution in [-0.2, 0) is 0 Å². The minimum atomic E-state index is -0.306. The summed E-state index contributed by atoms with van der Waals surface area (Å²) >= 11 is 4.81. The molecule has 18 heavy (non-hydrogen) atoms. The molecule has 0 saturated carbocycles. The predicted octanol–water partition coefficient (Wildman–Crippen LogP) is 2.91. The Balaban J connectivity index is 2.23. The van der Waals surface area contributed by atoms with Crippen LogP contribution in [0.25, 0.3) is 0 Å². The standard InChI is InChI=1S/C13H12FN3S/c1-8-2-4-10(14)12(6-8)17-9-3-5-11(13(15)18)16-7-9/h2-7,17H,1H3,(H2,15,18). The van der Waals surface area contributed by atoms with Gasteiger partial charge in [0, 0.05) is 0 Å². The molecule has 92 valence electrons. The number of nitrogens with zero attached hydrogens (tertiary/aromatic N) is 1. The molecule has 2 aromatic rings. The monoisotopic (exact) mass is 261 g/mol. The zero-order chi connectivity index (χ0) is 13.1. The molecule has 2 rings (SSSR count). The highest BCUT2D eigenvalue weighted by Crippen LogP contribution is 2.20. The molecule has 0 unspecified atom stereocenters. The Morgan fingerprint density at radius 2 is 2.11 bits per heavy atom. The Bertz CT molecular complexity index is 581. The van der Waals surface area contributed by atoms with Crippen LogP contribution in [0.15, 0.2) is 36.5 Å². The predicted molar refractivity (Wildman–Crippen MR) is 74.5 cm³/mol. The van der Waals surface area contributed by atoms with Crippen molar-refractivity contribution in [1.29, 1.82) is 0 Å². The number of halogens is 1. The fraction of sp³-hybridized carbons (Fsp3) is 0.0769. The van der Waals surface area contributed by atoms with Crippen LogP contribution >= 0.6 is 12.2 Å². The van der Waals surface area contributed by atoms with E-state index in [1.165, 1.54) is 6.07 Å². The van der Waals surface area contributed by atoms with E-state index in [9.17, 15) is 4.39 Å². The molecule has 1 heterocycles. The van der Waals surface area contributed by atoms with Crippen molar-refractivity contribution in [3.8, 4) is 0 Å². The van der Waals surface area contributed by atoms with E-state index < -0.39 is 0 Å². The van der Waals surface area contributed by atoms with Crippen molar-refractivity contribution in [1.82, 2.24) is 4.98 Å². The molecule has 3 N–H and O–H groups in total. The number of hydrogen-bond acceptors (Lipinski definition) is 3. The number of hydrogen-bond donors (Lipinski definition) is 2. The van der Waals surface area contributed by atoms with Gasteiger partial charge >= 0.3 is 0 Å². The summed E-state index contributed by atoms with van der Waals surface area (Å²) in [6.07, 6.45) is 1.57. The van der Waals surface area contributed by atoms with Crippen molar-refractivity contribution < 1.29 is 4.39 Å². The molecule has 0 bridgehead atoms. The van der Waals surface area contributed by atoms with Gasteiger partial charge in [0.25, 0.3) is 0 Å². The van der Waals surface area contributed by atoms with Gasteiger partial charge in [0.1, 0.15) is 10.8 Å². The van der Waals surface area contributed by atoms with Crippen molar-refractivity contribution in [2.45, 2.75) is 6.92 Å². The van der Waals surface area contributed by atoms with Crippen LogP contribution in [0, 0.1) is 12.7 Å². The Labute approximate surface area is 110 Å². The van der Waals surface area contributed by atoms with E-state index in [1.54, 1.807) is 30.5 Å². The molecular formula is C13H12FN3S. The average molecular weight is 261 g/mol. The maximum atomic E-state index is 13.5. The molecule has 0 saturated heterocycles. The summed E-state index contributed by atoms with van der Waals surface area (Å²) in [4.78, 5) is 4.31. The minimum absolute atomic E-state index is 0.239. The van der Waals surface area contributed by atoms with Gasteiger partial charge in [0.15, 0.2) is 0 Å². The van der Waals surface area contributed by atoms with Crippen LogP contribution in [0.5, 0.6) is 0 Å². The maximum Gasteiger partial charge on any atom is 0.146 e. The molecule has 0 atom stereocenters. The first-order chi connectivity index (χ1) is 8.56. The Morgan fingerprint density at radius 3 is 2.72 bits per heavy atom. The molecule has 1 aromatic heterocycles. The van der Waals surface area contributed by atoms with Crippen molar-refractivity contribution in [3.05, 3.63) is 53.6 Å². The number of nitrogens with two attached hydrogens (primary N) is 1. The van der Waals surface area contributed by atoms with E-state index in [-0.39, 0.29) is 10.8 Å². The summed E-state index contributed by atoms with van der Waals surface area (Å²) in [5, 5.41) is 2.96. The van der Waals surface area contributed by atoms with Gasteiger partial charge in [-0.2, -0.15) is 0 Å². The number of thiocarbonyl (C=S) groups is 1. The van der Waals surface area contributed by atoms with E-state index in [0.717, 1.165) is 5.56 Å². The molecule has 5 heteroatoms. The molecule has 0 aliphatic heterocycles.